The summed E-state index contributed by atoms with van der Waals surface area (Å²) >= 11 is 0. The summed E-state index contributed by atoms with van der Waals surface area (Å²) in [6.07, 6.45) is 2.44. The minimum Gasteiger partial charge on any atom is -0.273 e. The van der Waals surface area contributed by atoms with Gasteiger partial charge in [-0.05, 0) is 24.8 Å². The van der Waals surface area contributed by atoms with Gasteiger partial charge in [0.25, 0.3) is 0 Å². The molecule has 1 saturated heterocycles. The molecule has 1 aliphatic heterocycles. The number of benzene rings is 1. The summed E-state index contributed by atoms with van der Waals surface area (Å²) in [7, 11) is 0. The van der Waals surface area contributed by atoms with Gasteiger partial charge < -0.3 is 0 Å². The third-order valence-electron chi connectivity index (χ3n) is 4.90. The fourth-order valence-electron chi connectivity index (χ4n) is 3.20. The van der Waals surface area contributed by atoms with Gasteiger partial charge in [0.15, 0.2) is 0 Å². The highest BCUT2D eigenvalue weighted by Gasteiger charge is 2.54. The number of nitrogens with zero attached hydrogens (tertiary/aromatic N) is 2. The Morgan fingerprint density at radius 2 is 1.46 bits per heavy atom. The fourth-order valence-corrected chi connectivity index (χ4v) is 3.20. The molecule has 1 fully saturated rings. The highest BCUT2D eigenvalue weighted by atomic mass is 16.2. The van der Waals surface area contributed by atoms with Crippen LogP contribution in [-0.2, 0) is 16.1 Å². The Morgan fingerprint density at radius 1 is 0.875 bits per heavy atom. The zero-order valence-electron chi connectivity index (χ0n) is 14.7. The number of carbonyl (C=O) groups excluding carboxylic acids is 3. The molecule has 0 N–H and O–H groups in total. The van der Waals surface area contributed by atoms with Crippen LogP contribution in [-0.4, -0.2) is 34.2 Å². The summed E-state index contributed by atoms with van der Waals surface area (Å²) in [5.74, 6) is -0.695. The summed E-state index contributed by atoms with van der Waals surface area (Å²) in [6, 6.07) is 8.92. The van der Waals surface area contributed by atoms with Crippen LogP contribution in [0.25, 0.3) is 0 Å². The molecular weight excluding hydrogens is 304 g/mol. The third kappa shape index (κ3) is 3.07. The summed E-state index contributed by atoms with van der Waals surface area (Å²) in [5.41, 5.74) is -0.235. The average molecular weight is 330 g/mol. The SMILES string of the molecule is CCCCN1C(=O)N(Cc2ccccc2)C(=O)C(CC)(CC)C1=O. The average Bonchev–Trinajstić information content (AvgIpc) is 2.61. The Morgan fingerprint density at radius 3 is 2.00 bits per heavy atom. The summed E-state index contributed by atoms with van der Waals surface area (Å²) < 4.78 is 0. The monoisotopic (exact) mass is 330 g/mol. The van der Waals surface area contributed by atoms with Crippen molar-refractivity contribution in [2.45, 2.75) is 53.0 Å². The van der Waals surface area contributed by atoms with Gasteiger partial charge in [-0.15, -0.1) is 0 Å². The van der Waals surface area contributed by atoms with E-state index in [1.165, 1.54) is 9.80 Å². The van der Waals surface area contributed by atoms with Gasteiger partial charge in [0.2, 0.25) is 11.8 Å². The van der Waals surface area contributed by atoms with Gasteiger partial charge in [-0.25, -0.2) is 4.79 Å². The fraction of sp³-hybridized carbons (Fsp3) is 0.526. The van der Waals surface area contributed by atoms with Crippen molar-refractivity contribution in [3.63, 3.8) is 0 Å². The molecule has 0 spiro atoms. The topological polar surface area (TPSA) is 57.7 Å². The highest BCUT2D eigenvalue weighted by molar-refractivity contribution is 6.18. The predicted molar refractivity (Wildman–Crippen MR) is 92.0 cm³/mol. The predicted octanol–water partition coefficient (Wildman–Crippen LogP) is 3.58. The summed E-state index contributed by atoms with van der Waals surface area (Å²) in [5, 5.41) is 0. The van der Waals surface area contributed by atoms with Crippen LogP contribution in [0.3, 0.4) is 0 Å². The van der Waals surface area contributed by atoms with Crippen LogP contribution < -0.4 is 0 Å². The van der Waals surface area contributed by atoms with E-state index in [9.17, 15) is 14.4 Å². The van der Waals surface area contributed by atoms with Crippen molar-refractivity contribution in [3.8, 4) is 0 Å². The number of rotatable bonds is 7. The van der Waals surface area contributed by atoms with Gasteiger partial charge in [-0.2, -0.15) is 0 Å². The molecule has 0 radical (unpaired) electrons. The van der Waals surface area contributed by atoms with Crippen molar-refractivity contribution < 1.29 is 14.4 Å². The standard InChI is InChI=1S/C19H26N2O3/c1-4-7-13-20-16(22)19(5-2,6-3)17(23)21(18(20)24)14-15-11-9-8-10-12-15/h8-12H,4-7,13-14H2,1-3H3. The van der Waals surface area contributed by atoms with Gasteiger partial charge >= 0.3 is 6.03 Å². The van der Waals surface area contributed by atoms with Gasteiger partial charge in [0.1, 0.15) is 5.41 Å². The Kier molecular flexibility index (Phi) is 5.75. The van der Waals surface area contributed by atoms with Crippen molar-refractivity contribution in [2.75, 3.05) is 6.54 Å². The second kappa shape index (κ2) is 7.60. The van der Waals surface area contributed by atoms with E-state index in [4.69, 9.17) is 0 Å². The zero-order chi connectivity index (χ0) is 17.7. The number of hydrogen-bond donors (Lipinski definition) is 0. The second-order valence-electron chi connectivity index (χ2n) is 6.26. The maximum atomic E-state index is 13.0. The highest BCUT2D eigenvalue weighted by Crippen LogP contribution is 2.36. The minimum absolute atomic E-state index is 0.205. The van der Waals surface area contributed by atoms with Crippen LogP contribution in [0.1, 0.15) is 52.0 Å². The van der Waals surface area contributed by atoms with Crippen LogP contribution in [0.5, 0.6) is 0 Å². The molecule has 1 heterocycles. The smallest absolute Gasteiger partial charge is 0.273 e. The van der Waals surface area contributed by atoms with Crippen molar-refractivity contribution in [1.82, 2.24) is 9.80 Å². The first-order valence-electron chi connectivity index (χ1n) is 8.73. The lowest BCUT2D eigenvalue weighted by Gasteiger charge is -2.43. The molecule has 0 unspecified atom stereocenters. The first-order valence-corrected chi connectivity index (χ1v) is 8.73. The third-order valence-corrected chi connectivity index (χ3v) is 4.90. The quantitative estimate of drug-likeness (QED) is 0.718. The molecule has 0 aromatic heterocycles. The van der Waals surface area contributed by atoms with Crippen molar-refractivity contribution in [2.24, 2.45) is 5.41 Å². The molecule has 0 saturated carbocycles. The van der Waals surface area contributed by atoms with E-state index < -0.39 is 11.4 Å². The van der Waals surface area contributed by atoms with Gasteiger partial charge in [0, 0.05) is 6.54 Å². The maximum Gasteiger partial charge on any atom is 0.333 e. The molecular formula is C19H26N2O3. The van der Waals surface area contributed by atoms with Crippen molar-refractivity contribution in [1.29, 1.82) is 0 Å². The maximum absolute atomic E-state index is 13.0. The number of unbranched alkanes of at least 4 members (excludes halogenated alkanes) is 1. The van der Waals surface area contributed by atoms with E-state index >= 15 is 0 Å². The van der Waals surface area contributed by atoms with Crippen molar-refractivity contribution in [3.05, 3.63) is 35.9 Å². The molecule has 5 nitrogen and oxygen atoms in total. The van der Waals surface area contributed by atoms with Crippen LogP contribution >= 0.6 is 0 Å². The van der Waals surface area contributed by atoms with Crippen LogP contribution in [0.15, 0.2) is 30.3 Å². The Bertz CT molecular complexity index is 608. The van der Waals surface area contributed by atoms with E-state index in [2.05, 4.69) is 0 Å². The molecule has 1 aliphatic rings. The number of urea groups is 1. The number of imide groups is 2. The largest absolute Gasteiger partial charge is 0.333 e. The van der Waals surface area contributed by atoms with Gasteiger partial charge in [-0.1, -0.05) is 57.5 Å². The molecule has 24 heavy (non-hydrogen) atoms. The Labute approximate surface area is 143 Å². The number of carbonyl (C=O) groups is 3. The van der Waals surface area contributed by atoms with Gasteiger partial charge in [-0.3, -0.25) is 19.4 Å². The summed E-state index contributed by atoms with van der Waals surface area (Å²) in [4.78, 5) is 41.2. The second-order valence-corrected chi connectivity index (χ2v) is 6.26. The normalized spacial score (nSPS) is 17.5. The number of barbiturate groups is 1. The van der Waals surface area contributed by atoms with Crippen LogP contribution in [0, 0.1) is 5.41 Å². The molecule has 2 rings (SSSR count). The molecule has 130 valence electrons. The minimum atomic E-state index is -1.11. The lowest BCUT2D eigenvalue weighted by molar-refractivity contribution is -0.160. The molecule has 4 amide bonds. The Balaban J connectivity index is 2.38. The van der Waals surface area contributed by atoms with E-state index in [0.717, 1.165) is 18.4 Å². The Hall–Kier alpha value is -2.17. The molecule has 0 bridgehead atoms. The first kappa shape index (κ1) is 18.2. The molecule has 1 aromatic carbocycles. The van der Waals surface area contributed by atoms with Crippen LogP contribution in [0.2, 0.25) is 0 Å². The number of amides is 4. The molecule has 0 aliphatic carbocycles. The van der Waals surface area contributed by atoms with Gasteiger partial charge in [0.05, 0.1) is 6.54 Å². The summed E-state index contributed by atoms with van der Waals surface area (Å²) in [6.45, 7) is 6.27. The molecule has 1 aromatic rings. The zero-order valence-corrected chi connectivity index (χ0v) is 14.7. The van der Waals surface area contributed by atoms with E-state index in [1.54, 1.807) is 0 Å². The van der Waals surface area contributed by atoms with E-state index in [1.807, 2.05) is 51.1 Å². The number of hydrogen-bond acceptors (Lipinski definition) is 3. The molecule has 0 atom stereocenters. The van der Waals surface area contributed by atoms with E-state index in [-0.39, 0.29) is 18.4 Å². The lowest BCUT2D eigenvalue weighted by Crippen LogP contribution is -2.64. The molecule has 5 heteroatoms. The lowest BCUT2D eigenvalue weighted by atomic mass is 9.77. The first-order chi connectivity index (χ1) is 11.5. The van der Waals surface area contributed by atoms with E-state index in [0.29, 0.717) is 19.4 Å². The van der Waals surface area contributed by atoms with Crippen molar-refractivity contribution >= 4 is 17.8 Å². The van der Waals surface area contributed by atoms with Crippen LogP contribution in [0.4, 0.5) is 4.79 Å².